The van der Waals surface area contributed by atoms with Gasteiger partial charge in [0, 0.05) is 22.2 Å². The number of ether oxygens (including phenoxy) is 1. The number of benzene rings is 4. The molecule has 0 fully saturated rings. The number of hydrazone groups is 1. The molecule has 4 aromatic carbocycles. The first-order valence-corrected chi connectivity index (χ1v) is 13.8. The fraction of sp³-hybridized carbons (Fsp3) is 0.143. The maximum Gasteiger partial charge on any atom is 0.272 e. The first-order valence-electron chi connectivity index (χ1n) is 13.8. The number of aromatic nitrogens is 1. The van der Waals surface area contributed by atoms with Crippen LogP contribution < -0.4 is 15.5 Å². The van der Waals surface area contributed by atoms with Crippen molar-refractivity contribution in [3.63, 3.8) is 0 Å². The molecular formula is C35H32N4O3. The predicted octanol–water partition coefficient (Wildman–Crippen LogP) is 7.40. The monoisotopic (exact) mass is 556 g/mol. The number of hydrogen-bond donors (Lipinski definition) is 2. The first kappa shape index (κ1) is 28.2. The van der Waals surface area contributed by atoms with Crippen LogP contribution in [0.5, 0.6) is 5.75 Å². The van der Waals surface area contributed by atoms with Crippen molar-refractivity contribution in [2.75, 3.05) is 5.32 Å². The van der Waals surface area contributed by atoms with Gasteiger partial charge in [0.15, 0.2) is 0 Å². The second kappa shape index (κ2) is 12.5. The van der Waals surface area contributed by atoms with Crippen LogP contribution in [0.1, 0.15) is 52.6 Å². The van der Waals surface area contributed by atoms with Gasteiger partial charge in [0.1, 0.15) is 5.75 Å². The molecule has 0 saturated carbocycles. The number of para-hydroxylation sites is 2. The molecule has 210 valence electrons. The molecule has 0 aliphatic heterocycles. The average molecular weight is 557 g/mol. The van der Waals surface area contributed by atoms with Gasteiger partial charge in [-0.05, 0) is 81.8 Å². The molecule has 2 amide bonds. The molecular weight excluding hydrogens is 524 g/mol. The van der Waals surface area contributed by atoms with Gasteiger partial charge >= 0.3 is 0 Å². The van der Waals surface area contributed by atoms with Crippen molar-refractivity contribution in [2.24, 2.45) is 5.10 Å². The number of carbonyl (C=O) groups excluding carboxylic acids is 2. The van der Waals surface area contributed by atoms with Crippen molar-refractivity contribution < 1.29 is 14.3 Å². The molecule has 0 atom stereocenters. The number of amides is 2. The zero-order valence-corrected chi connectivity index (χ0v) is 24.0. The fourth-order valence-electron chi connectivity index (χ4n) is 4.58. The Hall–Kier alpha value is -5.30. The number of fused-ring (bicyclic) bond motifs is 1. The van der Waals surface area contributed by atoms with E-state index in [0.717, 1.165) is 22.1 Å². The highest BCUT2D eigenvalue weighted by molar-refractivity contribution is 6.08. The second-order valence-corrected chi connectivity index (χ2v) is 10.3. The Kier molecular flexibility index (Phi) is 8.39. The van der Waals surface area contributed by atoms with Gasteiger partial charge in [-0.15, -0.1) is 0 Å². The highest BCUT2D eigenvalue weighted by Gasteiger charge is 2.16. The summed E-state index contributed by atoms with van der Waals surface area (Å²) < 4.78 is 6.01. The highest BCUT2D eigenvalue weighted by Crippen LogP contribution is 2.32. The molecule has 7 nitrogen and oxygen atoms in total. The number of carbonyl (C=O) groups is 2. The molecule has 7 heteroatoms. The lowest BCUT2D eigenvalue weighted by atomic mass is 10.0. The van der Waals surface area contributed by atoms with Gasteiger partial charge in [-0.3, -0.25) is 9.59 Å². The number of nitrogens with zero attached hydrogens (tertiary/aromatic N) is 2. The molecule has 1 heterocycles. The Balaban J connectivity index is 1.36. The smallest absolute Gasteiger partial charge is 0.272 e. The minimum absolute atomic E-state index is 0.00912. The molecule has 0 spiro atoms. The molecule has 0 aliphatic carbocycles. The van der Waals surface area contributed by atoms with E-state index in [1.54, 1.807) is 12.1 Å². The molecule has 1 aromatic heterocycles. The topological polar surface area (TPSA) is 92.7 Å². The van der Waals surface area contributed by atoms with E-state index in [-0.39, 0.29) is 17.9 Å². The van der Waals surface area contributed by atoms with E-state index in [1.165, 1.54) is 0 Å². The lowest BCUT2D eigenvalue weighted by Gasteiger charge is -2.15. The number of anilines is 1. The van der Waals surface area contributed by atoms with Gasteiger partial charge in [-0.2, -0.15) is 5.10 Å². The third-order valence-electron chi connectivity index (χ3n) is 6.65. The summed E-state index contributed by atoms with van der Waals surface area (Å²) in [4.78, 5) is 30.9. The van der Waals surface area contributed by atoms with E-state index in [1.807, 2.05) is 119 Å². The Morgan fingerprint density at radius 1 is 0.810 bits per heavy atom. The van der Waals surface area contributed by atoms with Crippen LogP contribution in [-0.2, 0) is 0 Å². The quantitative estimate of drug-likeness (QED) is 0.154. The Morgan fingerprint density at radius 2 is 1.55 bits per heavy atom. The summed E-state index contributed by atoms with van der Waals surface area (Å²) in [6, 6.07) is 31.7. The third-order valence-corrected chi connectivity index (χ3v) is 6.65. The highest BCUT2D eigenvalue weighted by atomic mass is 16.5. The largest absolute Gasteiger partial charge is 0.490 e. The number of aryl methyl sites for hydroxylation is 1. The number of rotatable bonds is 8. The molecule has 5 aromatic rings. The summed E-state index contributed by atoms with van der Waals surface area (Å²) in [5, 5.41) is 8.00. The second-order valence-electron chi connectivity index (χ2n) is 10.3. The normalized spacial score (nSPS) is 11.4. The third kappa shape index (κ3) is 6.53. The molecule has 0 radical (unpaired) electrons. The van der Waals surface area contributed by atoms with Gasteiger partial charge in [0.25, 0.3) is 11.8 Å². The maximum absolute atomic E-state index is 13.5. The Labute approximate surface area is 245 Å². The summed E-state index contributed by atoms with van der Waals surface area (Å²) in [6.45, 7) is 7.71. The lowest BCUT2D eigenvalue weighted by Crippen LogP contribution is -2.20. The first-order chi connectivity index (χ1) is 20.3. The summed E-state index contributed by atoms with van der Waals surface area (Å²) in [5.41, 5.74) is 9.02. The van der Waals surface area contributed by atoms with Crippen molar-refractivity contribution in [3.8, 4) is 17.0 Å². The Morgan fingerprint density at radius 3 is 2.31 bits per heavy atom. The predicted molar refractivity (Wildman–Crippen MR) is 168 cm³/mol. The van der Waals surface area contributed by atoms with Crippen LogP contribution in [0.4, 0.5) is 5.69 Å². The number of nitrogens with one attached hydrogen (secondary N) is 2. The minimum atomic E-state index is -0.349. The van der Waals surface area contributed by atoms with Crippen LogP contribution in [0.3, 0.4) is 0 Å². The lowest BCUT2D eigenvalue weighted by molar-refractivity contribution is 0.0955. The van der Waals surface area contributed by atoms with E-state index < -0.39 is 0 Å². The van der Waals surface area contributed by atoms with Gasteiger partial charge < -0.3 is 10.1 Å². The van der Waals surface area contributed by atoms with Crippen molar-refractivity contribution in [1.29, 1.82) is 0 Å². The molecule has 42 heavy (non-hydrogen) atoms. The van der Waals surface area contributed by atoms with Crippen molar-refractivity contribution in [1.82, 2.24) is 10.4 Å². The zero-order chi connectivity index (χ0) is 29.6. The van der Waals surface area contributed by atoms with Crippen LogP contribution in [-0.4, -0.2) is 28.6 Å². The fourth-order valence-corrected chi connectivity index (χ4v) is 4.58. The van der Waals surface area contributed by atoms with Crippen molar-refractivity contribution >= 4 is 34.1 Å². The van der Waals surface area contributed by atoms with Gasteiger partial charge in [-0.1, -0.05) is 60.2 Å². The van der Waals surface area contributed by atoms with Crippen LogP contribution in [0.25, 0.3) is 22.2 Å². The van der Waals surface area contributed by atoms with Crippen LogP contribution in [0.2, 0.25) is 0 Å². The average Bonchev–Trinajstić information content (AvgIpc) is 2.99. The Bertz CT molecular complexity index is 1790. The zero-order valence-electron chi connectivity index (χ0n) is 24.0. The molecule has 0 unspecified atom stereocenters. The molecule has 0 aliphatic rings. The number of pyridine rings is 1. The maximum atomic E-state index is 13.5. The molecule has 0 bridgehead atoms. The summed E-state index contributed by atoms with van der Waals surface area (Å²) >= 11 is 0. The summed E-state index contributed by atoms with van der Waals surface area (Å²) in [6.07, 6.45) is -0.00912. The van der Waals surface area contributed by atoms with E-state index in [9.17, 15) is 9.59 Å². The minimum Gasteiger partial charge on any atom is -0.490 e. The van der Waals surface area contributed by atoms with E-state index >= 15 is 0 Å². The molecule has 2 N–H and O–H groups in total. The number of hydrogen-bond acceptors (Lipinski definition) is 5. The summed E-state index contributed by atoms with van der Waals surface area (Å²) in [7, 11) is 0. The van der Waals surface area contributed by atoms with E-state index in [2.05, 4.69) is 15.8 Å². The van der Waals surface area contributed by atoms with Crippen molar-refractivity contribution in [3.05, 3.63) is 125 Å². The molecule has 0 saturated heterocycles. The SMILES string of the molecule is C/C(=N/NC(=O)c1cc(-c2ccccc2OC(C)C)nc2ccccc12)c1ccc(NC(=O)c2cccc(C)c2)cc1. The van der Waals surface area contributed by atoms with Gasteiger partial charge in [0.05, 0.1) is 28.6 Å². The van der Waals surface area contributed by atoms with Crippen LogP contribution in [0, 0.1) is 6.92 Å². The standard InChI is InChI=1S/C35H32N4O3/c1-22(2)42-33-15-8-6-13-29(33)32-21-30(28-12-5-7-14-31(28)37-32)35(41)39-38-24(4)25-16-18-27(19-17-25)36-34(40)26-11-9-10-23(3)20-26/h5-22H,1-4H3,(H,36,40)(H,39,41)/b38-24-. The van der Waals surface area contributed by atoms with Crippen LogP contribution >= 0.6 is 0 Å². The van der Waals surface area contributed by atoms with Crippen LogP contribution in [0.15, 0.2) is 108 Å². The van der Waals surface area contributed by atoms with E-state index in [4.69, 9.17) is 9.72 Å². The van der Waals surface area contributed by atoms with E-state index in [0.29, 0.717) is 39.5 Å². The van der Waals surface area contributed by atoms with Crippen molar-refractivity contribution in [2.45, 2.75) is 33.8 Å². The summed E-state index contributed by atoms with van der Waals surface area (Å²) in [5.74, 6) is 0.180. The molecule has 5 rings (SSSR count). The van der Waals surface area contributed by atoms with Gasteiger partial charge in [-0.25, -0.2) is 10.4 Å². The van der Waals surface area contributed by atoms with Gasteiger partial charge in [0.2, 0.25) is 0 Å².